The van der Waals surface area contributed by atoms with Crippen molar-refractivity contribution in [3.05, 3.63) is 78.4 Å². The van der Waals surface area contributed by atoms with E-state index in [-0.39, 0.29) is 25.4 Å². The third kappa shape index (κ3) is 5.90. The van der Waals surface area contributed by atoms with Gasteiger partial charge in [0.05, 0.1) is 12.5 Å². The lowest BCUT2D eigenvalue weighted by molar-refractivity contribution is -0.147. The van der Waals surface area contributed by atoms with Crippen LogP contribution in [-0.4, -0.2) is 37.5 Å². The molecule has 0 saturated heterocycles. The Hall–Kier alpha value is -4.18. The minimum Gasteiger partial charge on any atom is -0.454 e. The van der Waals surface area contributed by atoms with E-state index in [0.717, 1.165) is 16.3 Å². The number of hydrogen-bond acceptors (Lipinski definition) is 5. The SMILES string of the molecule is N#CCN(C(=O)COC(=O)CNC(=O)Cc1cccc2ccccc12)c1ccccc1. The number of rotatable bonds is 8. The molecule has 0 aliphatic carbocycles. The van der Waals surface area contributed by atoms with E-state index in [4.69, 9.17) is 10.00 Å². The fraction of sp³-hybridized carbons (Fsp3) is 0.167. The number of anilines is 1. The molecule has 3 rings (SSSR count). The molecule has 3 aromatic rings. The van der Waals surface area contributed by atoms with E-state index in [1.807, 2.05) is 48.5 Å². The van der Waals surface area contributed by atoms with Crippen molar-refractivity contribution in [2.24, 2.45) is 0 Å². The largest absolute Gasteiger partial charge is 0.454 e. The molecule has 0 bridgehead atoms. The molecule has 3 aromatic carbocycles. The lowest BCUT2D eigenvalue weighted by Gasteiger charge is -2.19. The third-order valence-corrected chi connectivity index (χ3v) is 4.62. The van der Waals surface area contributed by atoms with E-state index >= 15 is 0 Å². The van der Waals surface area contributed by atoms with E-state index in [1.165, 1.54) is 4.90 Å². The number of carbonyl (C=O) groups is 3. The molecule has 31 heavy (non-hydrogen) atoms. The second kappa shape index (κ2) is 10.6. The fourth-order valence-electron chi connectivity index (χ4n) is 3.13. The van der Waals surface area contributed by atoms with Crippen LogP contribution < -0.4 is 10.2 Å². The molecule has 0 unspecified atom stereocenters. The molecule has 2 amide bonds. The summed E-state index contributed by atoms with van der Waals surface area (Å²) in [7, 11) is 0. The van der Waals surface area contributed by atoms with Gasteiger partial charge in [-0.1, -0.05) is 60.7 Å². The molecule has 0 fully saturated rings. The summed E-state index contributed by atoms with van der Waals surface area (Å²) in [6.07, 6.45) is 0.123. The normalized spacial score (nSPS) is 10.2. The number of nitrogens with one attached hydrogen (secondary N) is 1. The van der Waals surface area contributed by atoms with Crippen molar-refractivity contribution in [3.8, 4) is 6.07 Å². The summed E-state index contributed by atoms with van der Waals surface area (Å²) >= 11 is 0. The zero-order chi connectivity index (χ0) is 22.1. The lowest BCUT2D eigenvalue weighted by atomic mass is 10.0. The van der Waals surface area contributed by atoms with Gasteiger partial charge in [0.1, 0.15) is 13.1 Å². The number of nitriles is 1. The first-order chi connectivity index (χ1) is 15.1. The highest BCUT2D eigenvalue weighted by molar-refractivity contribution is 5.96. The number of para-hydroxylation sites is 1. The number of fused-ring (bicyclic) bond motifs is 1. The quantitative estimate of drug-likeness (QED) is 0.450. The Balaban J connectivity index is 1.49. The van der Waals surface area contributed by atoms with E-state index < -0.39 is 18.5 Å². The summed E-state index contributed by atoms with van der Waals surface area (Å²) in [4.78, 5) is 37.8. The summed E-state index contributed by atoms with van der Waals surface area (Å²) in [5.74, 6) is -1.58. The van der Waals surface area contributed by atoms with Gasteiger partial charge >= 0.3 is 5.97 Å². The van der Waals surface area contributed by atoms with Gasteiger partial charge in [0.15, 0.2) is 6.61 Å². The van der Waals surface area contributed by atoms with Gasteiger partial charge in [-0.25, -0.2) is 0 Å². The maximum atomic E-state index is 12.4. The number of carbonyl (C=O) groups excluding carboxylic acids is 3. The Kier molecular flexibility index (Phi) is 7.33. The second-order valence-electron chi connectivity index (χ2n) is 6.73. The standard InChI is InChI=1S/C24H21N3O4/c25-13-14-27(20-10-2-1-3-11-20)23(29)17-31-24(30)16-26-22(28)15-19-9-6-8-18-7-4-5-12-21(18)19/h1-12H,14-17H2,(H,26,28). The highest BCUT2D eigenvalue weighted by Gasteiger charge is 2.17. The first-order valence-electron chi connectivity index (χ1n) is 9.70. The molecule has 0 aliphatic rings. The molecule has 0 radical (unpaired) electrons. The Labute approximate surface area is 179 Å². The first-order valence-corrected chi connectivity index (χ1v) is 9.70. The second-order valence-corrected chi connectivity index (χ2v) is 6.73. The van der Waals surface area contributed by atoms with Crippen LogP contribution in [-0.2, 0) is 25.5 Å². The van der Waals surface area contributed by atoms with Gasteiger partial charge in [-0.05, 0) is 28.5 Å². The van der Waals surface area contributed by atoms with Gasteiger partial charge in [-0.15, -0.1) is 0 Å². The Morgan fingerprint density at radius 1 is 0.935 bits per heavy atom. The van der Waals surface area contributed by atoms with Crippen molar-refractivity contribution in [3.63, 3.8) is 0 Å². The minimum atomic E-state index is -0.732. The van der Waals surface area contributed by atoms with Crippen LogP contribution in [0, 0.1) is 11.3 Å². The molecule has 0 saturated carbocycles. The summed E-state index contributed by atoms with van der Waals surface area (Å²) < 4.78 is 4.97. The Bertz CT molecular complexity index is 1120. The van der Waals surface area contributed by atoms with Crippen LogP contribution >= 0.6 is 0 Å². The van der Waals surface area contributed by atoms with Crippen molar-refractivity contribution >= 4 is 34.2 Å². The molecule has 0 heterocycles. The van der Waals surface area contributed by atoms with Crippen molar-refractivity contribution in [1.29, 1.82) is 5.26 Å². The van der Waals surface area contributed by atoms with Crippen LogP contribution in [0.1, 0.15) is 5.56 Å². The van der Waals surface area contributed by atoms with Gasteiger partial charge < -0.3 is 10.1 Å². The average molecular weight is 415 g/mol. The monoisotopic (exact) mass is 415 g/mol. The van der Waals surface area contributed by atoms with Gasteiger partial charge in [-0.2, -0.15) is 5.26 Å². The van der Waals surface area contributed by atoms with Gasteiger partial charge in [0, 0.05) is 5.69 Å². The number of benzene rings is 3. The van der Waals surface area contributed by atoms with Crippen LogP contribution in [0.2, 0.25) is 0 Å². The van der Waals surface area contributed by atoms with Crippen molar-refractivity contribution < 1.29 is 19.1 Å². The van der Waals surface area contributed by atoms with Crippen LogP contribution in [0.25, 0.3) is 10.8 Å². The zero-order valence-electron chi connectivity index (χ0n) is 16.8. The van der Waals surface area contributed by atoms with Crippen LogP contribution in [0.15, 0.2) is 72.8 Å². The van der Waals surface area contributed by atoms with Crippen LogP contribution in [0.3, 0.4) is 0 Å². The topological polar surface area (TPSA) is 99.5 Å². The molecule has 0 aliphatic heterocycles. The van der Waals surface area contributed by atoms with E-state index in [0.29, 0.717) is 5.69 Å². The third-order valence-electron chi connectivity index (χ3n) is 4.62. The van der Waals surface area contributed by atoms with E-state index in [9.17, 15) is 14.4 Å². The van der Waals surface area contributed by atoms with Gasteiger partial charge in [0.2, 0.25) is 5.91 Å². The van der Waals surface area contributed by atoms with E-state index in [1.54, 1.807) is 30.3 Å². The zero-order valence-corrected chi connectivity index (χ0v) is 16.8. The maximum absolute atomic E-state index is 12.4. The molecule has 0 atom stereocenters. The number of esters is 1. The molecular formula is C24H21N3O4. The maximum Gasteiger partial charge on any atom is 0.325 e. The number of nitrogens with zero attached hydrogens (tertiary/aromatic N) is 2. The molecule has 0 spiro atoms. The van der Waals surface area contributed by atoms with Crippen LogP contribution in [0.5, 0.6) is 0 Å². The molecule has 0 aromatic heterocycles. The van der Waals surface area contributed by atoms with Crippen molar-refractivity contribution in [1.82, 2.24) is 5.32 Å². The molecular weight excluding hydrogens is 394 g/mol. The Morgan fingerprint density at radius 3 is 2.42 bits per heavy atom. The van der Waals surface area contributed by atoms with Gasteiger partial charge in [0.25, 0.3) is 5.91 Å². The summed E-state index contributed by atoms with van der Waals surface area (Å²) in [5, 5.41) is 13.5. The van der Waals surface area contributed by atoms with E-state index in [2.05, 4.69) is 5.32 Å². The van der Waals surface area contributed by atoms with Gasteiger partial charge in [-0.3, -0.25) is 19.3 Å². The summed E-state index contributed by atoms with van der Waals surface area (Å²) in [6.45, 7) is -1.03. The first kappa shape index (κ1) is 21.5. The Morgan fingerprint density at radius 2 is 1.65 bits per heavy atom. The molecule has 1 N–H and O–H groups in total. The predicted molar refractivity (Wildman–Crippen MR) is 116 cm³/mol. The van der Waals surface area contributed by atoms with Crippen molar-refractivity contribution in [2.45, 2.75) is 6.42 Å². The average Bonchev–Trinajstić information content (AvgIpc) is 2.80. The summed E-state index contributed by atoms with van der Waals surface area (Å²) in [6, 6.07) is 24.0. The highest BCUT2D eigenvalue weighted by Crippen LogP contribution is 2.18. The highest BCUT2D eigenvalue weighted by atomic mass is 16.5. The summed E-state index contributed by atoms with van der Waals surface area (Å²) in [5.41, 5.74) is 1.39. The predicted octanol–water partition coefficient (Wildman–Crippen LogP) is 2.60. The fourth-order valence-corrected chi connectivity index (χ4v) is 3.13. The molecule has 156 valence electrons. The lowest BCUT2D eigenvalue weighted by Crippen LogP contribution is -2.37. The number of amides is 2. The van der Waals surface area contributed by atoms with Crippen LogP contribution in [0.4, 0.5) is 5.69 Å². The molecule has 7 nitrogen and oxygen atoms in total. The molecule has 7 heteroatoms. The van der Waals surface area contributed by atoms with Crippen molar-refractivity contribution in [2.75, 3.05) is 24.6 Å². The number of ether oxygens (including phenoxy) is 1. The number of hydrogen-bond donors (Lipinski definition) is 1. The minimum absolute atomic E-state index is 0.123. The smallest absolute Gasteiger partial charge is 0.325 e.